The molecule has 1 aliphatic carbocycles. The van der Waals surface area contributed by atoms with Gasteiger partial charge in [-0.15, -0.1) is 0 Å². The van der Waals surface area contributed by atoms with Crippen molar-refractivity contribution >= 4 is 6.03 Å². The van der Waals surface area contributed by atoms with Gasteiger partial charge in [-0.05, 0) is 38.7 Å². The van der Waals surface area contributed by atoms with Crippen molar-refractivity contribution in [1.82, 2.24) is 10.2 Å². The Morgan fingerprint density at radius 3 is 2.61 bits per heavy atom. The van der Waals surface area contributed by atoms with E-state index in [2.05, 4.69) is 25.2 Å². The van der Waals surface area contributed by atoms with Crippen LogP contribution in [0.4, 0.5) is 4.79 Å². The van der Waals surface area contributed by atoms with Gasteiger partial charge in [-0.25, -0.2) is 4.79 Å². The lowest BCUT2D eigenvalue weighted by atomic mass is 9.75. The van der Waals surface area contributed by atoms with Crippen molar-refractivity contribution in [2.75, 3.05) is 13.1 Å². The van der Waals surface area contributed by atoms with Crippen LogP contribution in [-0.2, 0) is 11.2 Å². The highest BCUT2D eigenvalue weighted by atomic mass is 16.5. The predicted molar refractivity (Wildman–Crippen MR) is 88.4 cm³/mol. The van der Waals surface area contributed by atoms with Crippen molar-refractivity contribution < 1.29 is 13.9 Å². The molecule has 1 N–H and O–H groups in total. The molecule has 5 heteroatoms. The fourth-order valence-corrected chi connectivity index (χ4v) is 3.90. The average Bonchev–Trinajstić information content (AvgIpc) is 2.76. The van der Waals surface area contributed by atoms with Gasteiger partial charge >= 0.3 is 6.03 Å². The van der Waals surface area contributed by atoms with E-state index >= 15 is 0 Å². The fourth-order valence-electron chi connectivity index (χ4n) is 3.90. The van der Waals surface area contributed by atoms with Crippen LogP contribution < -0.4 is 5.32 Å². The number of nitrogens with zero attached hydrogens (tertiary/aromatic N) is 1. The van der Waals surface area contributed by atoms with Gasteiger partial charge in [0.2, 0.25) is 0 Å². The van der Waals surface area contributed by atoms with E-state index in [9.17, 15) is 4.79 Å². The molecule has 0 saturated carbocycles. The highest BCUT2D eigenvalue weighted by molar-refractivity contribution is 5.75. The van der Waals surface area contributed by atoms with Gasteiger partial charge < -0.3 is 19.4 Å². The Morgan fingerprint density at radius 2 is 1.96 bits per heavy atom. The van der Waals surface area contributed by atoms with Gasteiger partial charge in [-0.2, -0.15) is 0 Å². The molecule has 0 unspecified atom stereocenters. The Morgan fingerprint density at radius 1 is 1.30 bits per heavy atom. The molecular formula is C18H28N2O3. The van der Waals surface area contributed by atoms with Crippen LogP contribution in [-0.4, -0.2) is 36.2 Å². The smallest absolute Gasteiger partial charge is 0.318 e. The first-order valence-corrected chi connectivity index (χ1v) is 8.53. The Labute approximate surface area is 138 Å². The Balaban J connectivity index is 1.75. The highest BCUT2D eigenvalue weighted by Gasteiger charge is 2.36. The molecule has 1 aliphatic heterocycles. The van der Waals surface area contributed by atoms with Crippen LogP contribution in [0.25, 0.3) is 0 Å². The second-order valence-electron chi connectivity index (χ2n) is 7.95. The van der Waals surface area contributed by atoms with E-state index in [1.165, 1.54) is 0 Å². The van der Waals surface area contributed by atoms with Gasteiger partial charge in [-0.1, -0.05) is 13.8 Å². The molecule has 128 valence electrons. The first-order valence-electron chi connectivity index (χ1n) is 8.53. The first kappa shape index (κ1) is 16.4. The van der Waals surface area contributed by atoms with Gasteiger partial charge in [0, 0.05) is 25.1 Å². The summed E-state index contributed by atoms with van der Waals surface area (Å²) in [7, 11) is 0. The summed E-state index contributed by atoms with van der Waals surface area (Å²) in [5, 5.41) is 3.23. The largest absolute Gasteiger partial charge is 0.466 e. The molecule has 2 heterocycles. The lowest BCUT2D eigenvalue weighted by Crippen LogP contribution is -2.52. The van der Waals surface area contributed by atoms with Gasteiger partial charge in [0.15, 0.2) is 0 Å². The molecule has 1 aromatic rings. The number of carbonyl (C=O) groups is 1. The highest BCUT2D eigenvalue weighted by Crippen LogP contribution is 2.42. The average molecular weight is 320 g/mol. The van der Waals surface area contributed by atoms with Crippen LogP contribution in [0.5, 0.6) is 0 Å². The van der Waals surface area contributed by atoms with Crippen LogP contribution in [0.1, 0.15) is 57.2 Å². The van der Waals surface area contributed by atoms with Crippen molar-refractivity contribution in [3.63, 3.8) is 0 Å². The molecule has 1 aromatic heterocycles. The Bertz CT molecular complexity index is 583. The van der Waals surface area contributed by atoms with Crippen molar-refractivity contribution in [2.24, 2.45) is 5.41 Å². The van der Waals surface area contributed by atoms with Gasteiger partial charge in [0.25, 0.3) is 0 Å². The van der Waals surface area contributed by atoms with E-state index in [0.717, 1.165) is 29.9 Å². The molecule has 1 fully saturated rings. The number of morpholine rings is 1. The van der Waals surface area contributed by atoms with Crippen molar-refractivity contribution in [2.45, 2.75) is 65.7 Å². The number of hydrogen-bond donors (Lipinski definition) is 1. The summed E-state index contributed by atoms with van der Waals surface area (Å²) in [6.07, 6.45) is 2.02. The molecule has 1 saturated heterocycles. The summed E-state index contributed by atoms with van der Waals surface area (Å²) < 4.78 is 11.6. The molecule has 3 atom stereocenters. The van der Waals surface area contributed by atoms with Crippen LogP contribution in [0.15, 0.2) is 10.5 Å². The van der Waals surface area contributed by atoms with E-state index in [1.54, 1.807) is 0 Å². The second kappa shape index (κ2) is 5.86. The number of amides is 2. The molecule has 2 aliphatic rings. The van der Waals surface area contributed by atoms with Crippen molar-refractivity contribution in [3.05, 3.63) is 23.2 Å². The van der Waals surface area contributed by atoms with Crippen LogP contribution in [0.3, 0.4) is 0 Å². The number of aryl methyl sites for hydroxylation is 1. The van der Waals surface area contributed by atoms with E-state index in [4.69, 9.17) is 9.15 Å². The molecule has 5 nitrogen and oxygen atoms in total. The van der Waals surface area contributed by atoms with E-state index < -0.39 is 0 Å². The molecule has 3 rings (SSSR count). The maximum absolute atomic E-state index is 12.7. The molecule has 0 spiro atoms. The molecule has 23 heavy (non-hydrogen) atoms. The van der Waals surface area contributed by atoms with Crippen molar-refractivity contribution in [3.8, 4) is 0 Å². The van der Waals surface area contributed by atoms with Gasteiger partial charge in [-0.3, -0.25) is 0 Å². The molecule has 0 bridgehead atoms. The molecule has 2 amide bonds. The quantitative estimate of drug-likeness (QED) is 0.862. The standard InChI is InChI=1S/C18H28N2O3/c1-11-6-14-15(7-18(4,5)8-16(14)23-11)19-17(21)20-9-12(2)22-13(3)10-20/h6,12-13,15H,7-10H2,1-5H3,(H,19,21)/t12-,13+,15-/m0/s1. The summed E-state index contributed by atoms with van der Waals surface area (Å²) in [4.78, 5) is 14.6. The minimum Gasteiger partial charge on any atom is -0.466 e. The maximum atomic E-state index is 12.7. The predicted octanol–water partition coefficient (Wildman–Crippen LogP) is 3.42. The summed E-state index contributed by atoms with van der Waals surface area (Å²) in [6, 6.07) is 2.09. The van der Waals surface area contributed by atoms with E-state index in [1.807, 2.05) is 25.7 Å². The van der Waals surface area contributed by atoms with Crippen LogP contribution in [0.2, 0.25) is 0 Å². The Hall–Kier alpha value is -1.49. The number of ether oxygens (including phenoxy) is 1. The molecular weight excluding hydrogens is 292 g/mol. The molecule has 0 radical (unpaired) electrons. The lowest BCUT2D eigenvalue weighted by Gasteiger charge is -2.38. The number of furan rings is 1. The third kappa shape index (κ3) is 3.55. The maximum Gasteiger partial charge on any atom is 0.318 e. The third-order valence-corrected chi connectivity index (χ3v) is 4.74. The number of nitrogens with one attached hydrogen (secondary N) is 1. The summed E-state index contributed by atoms with van der Waals surface area (Å²) in [5.41, 5.74) is 1.27. The van der Waals surface area contributed by atoms with Crippen LogP contribution >= 0.6 is 0 Å². The van der Waals surface area contributed by atoms with E-state index in [0.29, 0.717) is 13.1 Å². The third-order valence-electron chi connectivity index (χ3n) is 4.74. The minimum absolute atomic E-state index is 0.000460. The molecule has 0 aromatic carbocycles. The SMILES string of the molecule is Cc1cc2c(o1)CC(C)(C)C[C@@H]2NC(=O)N1C[C@@H](C)O[C@@H](C)C1. The topological polar surface area (TPSA) is 54.7 Å². The minimum atomic E-state index is -0.000460. The number of hydrogen-bond acceptors (Lipinski definition) is 3. The summed E-state index contributed by atoms with van der Waals surface area (Å²) in [6.45, 7) is 11.7. The zero-order valence-corrected chi connectivity index (χ0v) is 14.8. The number of fused-ring (bicyclic) bond motifs is 1. The normalized spacial score (nSPS) is 30.0. The van der Waals surface area contributed by atoms with Crippen molar-refractivity contribution in [1.29, 1.82) is 0 Å². The number of urea groups is 1. The van der Waals surface area contributed by atoms with Gasteiger partial charge in [0.05, 0.1) is 18.2 Å². The summed E-state index contributed by atoms with van der Waals surface area (Å²) in [5.74, 6) is 1.94. The monoisotopic (exact) mass is 320 g/mol. The number of carbonyl (C=O) groups excluding carboxylic acids is 1. The second-order valence-corrected chi connectivity index (χ2v) is 7.95. The zero-order valence-electron chi connectivity index (χ0n) is 14.8. The van der Waals surface area contributed by atoms with E-state index in [-0.39, 0.29) is 29.7 Å². The first-order chi connectivity index (χ1) is 10.7. The fraction of sp³-hybridized carbons (Fsp3) is 0.722. The summed E-state index contributed by atoms with van der Waals surface area (Å²) >= 11 is 0. The lowest BCUT2D eigenvalue weighted by molar-refractivity contribution is -0.0549. The van der Waals surface area contributed by atoms with Crippen LogP contribution in [0, 0.1) is 12.3 Å². The Kier molecular flexibility index (Phi) is 4.17. The zero-order chi connectivity index (χ0) is 16.8. The number of rotatable bonds is 1. The van der Waals surface area contributed by atoms with Gasteiger partial charge in [0.1, 0.15) is 11.5 Å².